The molecule has 0 saturated heterocycles. The van der Waals surface area contributed by atoms with E-state index >= 15 is 0 Å². The molecule has 0 nitrogen and oxygen atoms in total. The molecule has 0 aliphatic heterocycles. The van der Waals surface area contributed by atoms with Crippen molar-refractivity contribution in [2.24, 2.45) is 0 Å². The highest BCUT2D eigenvalue weighted by Crippen LogP contribution is 2.05. The van der Waals surface area contributed by atoms with Crippen LogP contribution < -0.4 is 0 Å². The molecule has 68 valence electrons. The van der Waals surface area contributed by atoms with Crippen LogP contribution in [0.25, 0.3) is 6.08 Å². The fourth-order valence-corrected chi connectivity index (χ4v) is 1.18. The van der Waals surface area contributed by atoms with Gasteiger partial charge in [-0.05, 0) is 24.8 Å². The second-order valence-corrected chi connectivity index (χ2v) is 3.02. The van der Waals surface area contributed by atoms with Gasteiger partial charge in [0.25, 0.3) is 0 Å². The van der Waals surface area contributed by atoms with Crippen LogP contribution in [-0.2, 0) is 0 Å². The van der Waals surface area contributed by atoms with Crippen LogP contribution in [0.4, 0.5) is 0 Å². The highest BCUT2D eigenvalue weighted by Gasteiger charge is 1.84. The molecule has 0 saturated carbocycles. The normalized spacial score (nSPS) is 13.2. The van der Waals surface area contributed by atoms with E-state index in [2.05, 4.69) is 18.7 Å². The summed E-state index contributed by atoms with van der Waals surface area (Å²) in [5, 5.41) is 0. The molecule has 0 radical (unpaired) electrons. The quantitative estimate of drug-likeness (QED) is 0.560. The third kappa shape index (κ3) is 4.32. The molecule has 0 fully saturated rings. The summed E-state index contributed by atoms with van der Waals surface area (Å²) in [6.07, 6.45) is 10.3. The van der Waals surface area contributed by atoms with E-state index in [1.54, 1.807) is 0 Å². The molecule has 0 heterocycles. The van der Waals surface area contributed by atoms with E-state index in [9.17, 15) is 0 Å². The first kappa shape index (κ1) is 9.79. The number of rotatable bonds is 1. The van der Waals surface area contributed by atoms with Crippen molar-refractivity contribution in [3.05, 3.63) is 54.6 Å². The first-order valence-electron chi connectivity index (χ1n) is 4.76. The van der Waals surface area contributed by atoms with Gasteiger partial charge in [0.05, 0.1) is 0 Å². The van der Waals surface area contributed by atoms with Crippen LogP contribution in [0.2, 0.25) is 0 Å². The average molecular weight is 172 g/mol. The van der Waals surface area contributed by atoms with Gasteiger partial charge < -0.3 is 0 Å². The lowest BCUT2D eigenvalue weighted by Gasteiger charge is -1.85. The Balaban J connectivity index is 0.000000145. The predicted molar refractivity (Wildman–Crippen MR) is 59.5 cm³/mol. The minimum absolute atomic E-state index is 1.17. The Morgan fingerprint density at radius 1 is 1.00 bits per heavy atom. The summed E-state index contributed by atoms with van der Waals surface area (Å²) >= 11 is 0. The first-order chi connectivity index (χ1) is 6.43. The SMILES string of the molecule is C1=CCCC1.C=Cc1ccccc1. The van der Waals surface area contributed by atoms with Gasteiger partial charge in [-0.2, -0.15) is 0 Å². The van der Waals surface area contributed by atoms with Gasteiger partial charge in [0.1, 0.15) is 0 Å². The Labute approximate surface area is 80.6 Å². The fourth-order valence-electron chi connectivity index (χ4n) is 1.18. The van der Waals surface area contributed by atoms with Crippen molar-refractivity contribution in [3.8, 4) is 0 Å². The Hall–Kier alpha value is -1.30. The third-order valence-electron chi connectivity index (χ3n) is 1.94. The van der Waals surface area contributed by atoms with E-state index in [1.807, 2.05) is 36.4 Å². The highest BCUT2D eigenvalue weighted by molar-refractivity contribution is 5.45. The van der Waals surface area contributed by atoms with E-state index in [1.165, 1.54) is 24.8 Å². The summed E-state index contributed by atoms with van der Waals surface area (Å²) in [7, 11) is 0. The van der Waals surface area contributed by atoms with Crippen LogP contribution in [0.15, 0.2) is 49.1 Å². The van der Waals surface area contributed by atoms with E-state index < -0.39 is 0 Å². The number of hydrogen-bond acceptors (Lipinski definition) is 0. The molecule has 0 N–H and O–H groups in total. The second-order valence-electron chi connectivity index (χ2n) is 3.02. The van der Waals surface area contributed by atoms with Gasteiger partial charge in [-0.15, -0.1) is 0 Å². The number of benzene rings is 1. The summed E-state index contributed by atoms with van der Waals surface area (Å²) < 4.78 is 0. The van der Waals surface area contributed by atoms with Gasteiger partial charge in [-0.3, -0.25) is 0 Å². The Morgan fingerprint density at radius 3 is 1.92 bits per heavy atom. The molecule has 1 aromatic carbocycles. The van der Waals surface area contributed by atoms with Crippen molar-refractivity contribution < 1.29 is 0 Å². The fraction of sp³-hybridized carbons (Fsp3) is 0.231. The lowest BCUT2D eigenvalue weighted by Crippen LogP contribution is -1.63. The molecular formula is C13H16. The first-order valence-corrected chi connectivity index (χ1v) is 4.76. The minimum atomic E-state index is 1.17. The summed E-state index contributed by atoms with van der Waals surface area (Å²) in [5.74, 6) is 0. The standard InChI is InChI=1S/C8H8.C5H8/c1-2-8-6-4-3-5-7-8;1-2-4-5-3-1/h2-7H,1H2;1-2H,3-5H2. The van der Waals surface area contributed by atoms with E-state index in [4.69, 9.17) is 0 Å². The molecule has 1 aliphatic rings. The van der Waals surface area contributed by atoms with Crippen LogP contribution in [0.5, 0.6) is 0 Å². The molecular weight excluding hydrogens is 156 g/mol. The maximum absolute atomic E-state index is 3.63. The molecule has 0 aromatic heterocycles. The van der Waals surface area contributed by atoms with Crippen LogP contribution in [0.1, 0.15) is 24.8 Å². The van der Waals surface area contributed by atoms with Crippen molar-refractivity contribution in [2.45, 2.75) is 19.3 Å². The van der Waals surface area contributed by atoms with Crippen molar-refractivity contribution in [2.75, 3.05) is 0 Å². The lowest BCUT2D eigenvalue weighted by atomic mass is 10.2. The maximum Gasteiger partial charge on any atom is -0.0263 e. The number of hydrogen-bond donors (Lipinski definition) is 0. The zero-order chi connectivity index (χ0) is 9.36. The van der Waals surface area contributed by atoms with Crippen LogP contribution in [-0.4, -0.2) is 0 Å². The van der Waals surface area contributed by atoms with E-state index in [0.717, 1.165) is 0 Å². The van der Waals surface area contributed by atoms with E-state index in [-0.39, 0.29) is 0 Å². The number of allylic oxidation sites excluding steroid dienone is 2. The lowest BCUT2D eigenvalue weighted by molar-refractivity contribution is 0.929. The highest BCUT2D eigenvalue weighted by atomic mass is 13.9. The summed E-state index contributed by atoms with van der Waals surface area (Å²) in [6, 6.07) is 10.0. The smallest absolute Gasteiger partial charge is 0.0263 e. The molecule has 0 spiro atoms. The van der Waals surface area contributed by atoms with Gasteiger partial charge in [0, 0.05) is 0 Å². The topological polar surface area (TPSA) is 0 Å². The second kappa shape index (κ2) is 6.24. The van der Waals surface area contributed by atoms with Crippen molar-refractivity contribution in [3.63, 3.8) is 0 Å². The van der Waals surface area contributed by atoms with E-state index in [0.29, 0.717) is 0 Å². The molecule has 2 rings (SSSR count). The van der Waals surface area contributed by atoms with Crippen molar-refractivity contribution in [1.82, 2.24) is 0 Å². The van der Waals surface area contributed by atoms with Crippen LogP contribution >= 0.6 is 0 Å². The summed E-state index contributed by atoms with van der Waals surface area (Å²) in [4.78, 5) is 0. The third-order valence-corrected chi connectivity index (χ3v) is 1.94. The molecule has 0 bridgehead atoms. The van der Waals surface area contributed by atoms with Gasteiger partial charge in [-0.25, -0.2) is 0 Å². The zero-order valence-electron chi connectivity index (χ0n) is 7.95. The largest absolute Gasteiger partial charge is 0.0985 e. The van der Waals surface area contributed by atoms with Gasteiger partial charge in [-0.1, -0.05) is 55.1 Å². The molecule has 1 aliphatic carbocycles. The molecule has 13 heavy (non-hydrogen) atoms. The Kier molecular flexibility index (Phi) is 4.70. The van der Waals surface area contributed by atoms with Crippen molar-refractivity contribution >= 4 is 6.08 Å². The monoisotopic (exact) mass is 172 g/mol. The molecule has 0 heteroatoms. The Bertz CT molecular complexity index is 251. The molecule has 0 amide bonds. The Morgan fingerprint density at radius 2 is 1.62 bits per heavy atom. The van der Waals surface area contributed by atoms with Crippen molar-refractivity contribution in [1.29, 1.82) is 0 Å². The zero-order valence-corrected chi connectivity index (χ0v) is 7.95. The molecule has 1 aromatic rings. The molecule has 0 unspecified atom stereocenters. The predicted octanol–water partition coefficient (Wildman–Crippen LogP) is 4.06. The van der Waals surface area contributed by atoms with Crippen LogP contribution in [0.3, 0.4) is 0 Å². The van der Waals surface area contributed by atoms with Crippen LogP contribution in [0, 0.1) is 0 Å². The summed E-state index contributed by atoms with van der Waals surface area (Å²) in [5.41, 5.74) is 1.17. The van der Waals surface area contributed by atoms with Gasteiger partial charge >= 0.3 is 0 Å². The molecule has 0 atom stereocenters. The van der Waals surface area contributed by atoms with Gasteiger partial charge in [0.2, 0.25) is 0 Å². The van der Waals surface area contributed by atoms with Gasteiger partial charge in [0.15, 0.2) is 0 Å². The summed E-state index contributed by atoms with van der Waals surface area (Å²) in [6.45, 7) is 3.63. The maximum atomic E-state index is 3.63. The minimum Gasteiger partial charge on any atom is -0.0985 e. The average Bonchev–Trinajstić information content (AvgIpc) is 2.77.